The normalized spacial score (nSPS) is 10.9. The second kappa shape index (κ2) is 3.56. The minimum absolute atomic E-state index is 0.553. The van der Waals surface area contributed by atoms with Gasteiger partial charge in [0.2, 0.25) is 0 Å². The summed E-state index contributed by atoms with van der Waals surface area (Å²) in [7, 11) is 0. The molecule has 0 fully saturated rings. The highest BCUT2D eigenvalue weighted by atomic mass is 16.3. The molecule has 0 atom stereocenters. The van der Waals surface area contributed by atoms with Crippen LogP contribution in [0.15, 0.2) is 10.8 Å². The molecule has 62 valence electrons. The molecule has 2 nitrogen and oxygen atoms in total. The lowest BCUT2D eigenvalue weighted by Gasteiger charge is -2.08. The van der Waals surface area contributed by atoms with Crippen molar-refractivity contribution in [1.82, 2.24) is 4.98 Å². The van der Waals surface area contributed by atoms with Crippen LogP contribution in [0.3, 0.4) is 0 Å². The van der Waals surface area contributed by atoms with Crippen molar-refractivity contribution in [2.45, 2.75) is 39.5 Å². The van der Waals surface area contributed by atoms with Gasteiger partial charge >= 0.3 is 0 Å². The number of oxazole rings is 1. The maximum Gasteiger partial charge on any atom is 0.181 e. The highest BCUT2D eigenvalue weighted by Crippen LogP contribution is 2.24. The molecule has 11 heavy (non-hydrogen) atoms. The zero-order valence-corrected chi connectivity index (χ0v) is 7.42. The summed E-state index contributed by atoms with van der Waals surface area (Å²) < 4.78 is 5.30. The van der Waals surface area contributed by atoms with Crippen molar-refractivity contribution in [3.05, 3.63) is 17.8 Å². The molecule has 0 amide bonds. The van der Waals surface area contributed by atoms with Gasteiger partial charge in [-0.25, -0.2) is 4.98 Å². The Kier molecular flexibility index (Phi) is 2.69. The van der Waals surface area contributed by atoms with Crippen LogP contribution in [-0.2, 0) is 0 Å². The monoisotopic (exact) mass is 153 g/mol. The molecule has 0 spiro atoms. The van der Waals surface area contributed by atoms with E-state index in [-0.39, 0.29) is 0 Å². The molecule has 0 N–H and O–H groups in total. The Bertz CT molecular complexity index is 213. The van der Waals surface area contributed by atoms with Crippen molar-refractivity contribution in [2.24, 2.45) is 0 Å². The fraction of sp³-hybridized carbons (Fsp3) is 0.667. The maximum atomic E-state index is 5.30. The number of aryl methyl sites for hydroxylation is 1. The van der Waals surface area contributed by atoms with Crippen LogP contribution in [0.5, 0.6) is 0 Å². The van der Waals surface area contributed by atoms with E-state index in [4.69, 9.17) is 4.42 Å². The molecule has 0 unspecified atom stereocenters. The molecule has 1 heterocycles. The number of hydrogen-bond acceptors (Lipinski definition) is 2. The molecule has 0 bridgehead atoms. The van der Waals surface area contributed by atoms with Crippen molar-refractivity contribution >= 4 is 0 Å². The molecule has 2 heteroatoms. The summed E-state index contributed by atoms with van der Waals surface area (Å²) in [5.41, 5.74) is 1.04. The van der Waals surface area contributed by atoms with Crippen LogP contribution < -0.4 is 0 Å². The van der Waals surface area contributed by atoms with E-state index < -0.39 is 0 Å². The molecule has 0 aliphatic rings. The minimum Gasteiger partial charge on any atom is -0.448 e. The van der Waals surface area contributed by atoms with Crippen LogP contribution in [0, 0.1) is 6.92 Å². The molecular weight excluding hydrogens is 138 g/mol. The molecule has 1 aromatic rings. The van der Waals surface area contributed by atoms with Crippen molar-refractivity contribution in [3.63, 3.8) is 0 Å². The minimum atomic E-state index is 0.553. The zero-order chi connectivity index (χ0) is 8.27. The summed E-state index contributed by atoms with van der Waals surface area (Å²) in [5, 5.41) is 0. The SMILES string of the molecule is CCC(CC)c1ocnc1C. The van der Waals surface area contributed by atoms with Gasteiger partial charge in [-0.05, 0) is 19.8 Å². The van der Waals surface area contributed by atoms with Gasteiger partial charge in [0.25, 0.3) is 0 Å². The van der Waals surface area contributed by atoms with E-state index in [2.05, 4.69) is 18.8 Å². The Morgan fingerprint density at radius 1 is 1.45 bits per heavy atom. The smallest absolute Gasteiger partial charge is 0.181 e. The van der Waals surface area contributed by atoms with E-state index in [1.165, 1.54) is 6.39 Å². The molecule has 1 rings (SSSR count). The standard InChI is InChI=1S/C9H15NO/c1-4-8(5-2)9-7(3)10-6-11-9/h6,8H,4-5H2,1-3H3. The summed E-state index contributed by atoms with van der Waals surface area (Å²) in [6.07, 6.45) is 3.79. The topological polar surface area (TPSA) is 26.0 Å². The van der Waals surface area contributed by atoms with Crippen LogP contribution in [0.1, 0.15) is 44.1 Å². The van der Waals surface area contributed by atoms with Crippen molar-refractivity contribution in [2.75, 3.05) is 0 Å². The lowest BCUT2D eigenvalue weighted by atomic mass is 9.99. The van der Waals surface area contributed by atoms with Gasteiger partial charge in [0.05, 0.1) is 5.69 Å². The van der Waals surface area contributed by atoms with Crippen molar-refractivity contribution < 1.29 is 4.42 Å². The molecule has 0 aliphatic heterocycles. The maximum absolute atomic E-state index is 5.30. The van der Waals surface area contributed by atoms with Gasteiger partial charge in [-0.15, -0.1) is 0 Å². The molecule has 0 aliphatic carbocycles. The van der Waals surface area contributed by atoms with E-state index in [0.717, 1.165) is 24.3 Å². The van der Waals surface area contributed by atoms with Gasteiger partial charge in [-0.3, -0.25) is 0 Å². The van der Waals surface area contributed by atoms with E-state index in [1.54, 1.807) is 0 Å². The predicted molar refractivity (Wildman–Crippen MR) is 44.6 cm³/mol. The first kappa shape index (κ1) is 8.31. The van der Waals surface area contributed by atoms with E-state index in [1.807, 2.05) is 6.92 Å². The van der Waals surface area contributed by atoms with Crippen molar-refractivity contribution in [3.8, 4) is 0 Å². The van der Waals surface area contributed by atoms with E-state index in [9.17, 15) is 0 Å². The van der Waals surface area contributed by atoms with Crippen molar-refractivity contribution in [1.29, 1.82) is 0 Å². The molecule has 0 saturated carbocycles. The first-order valence-electron chi connectivity index (χ1n) is 4.19. The first-order valence-corrected chi connectivity index (χ1v) is 4.19. The lowest BCUT2D eigenvalue weighted by molar-refractivity contribution is 0.442. The molecule has 0 aromatic carbocycles. The Morgan fingerprint density at radius 3 is 2.45 bits per heavy atom. The largest absolute Gasteiger partial charge is 0.448 e. The molecular formula is C9H15NO. The van der Waals surface area contributed by atoms with Crippen LogP contribution in [0.25, 0.3) is 0 Å². The Morgan fingerprint density at radius 2 is 2.09 bits per heavy atom. The Labute approximate surface area is 67.6 Å². The second-order valence-electron chi connectivity index (χ2n) is 2.82. The third-order valence-electron chi connectivity index (χ3n) is 2.14. The number of rotatable bonds is 3. The van der Waals surface area contributed by atoms with Gasteiger partial charge in [-0.1, -0.05) is 13.8 Å². The van der Waals surface area contributed by atoms with Gasteiger partial charge in [0.1, 0.15) is 5.76 Å². The lowest BCUT2D eigenvalue weighted by Crippen LogP contribution is -1.95. The fourth-order valence-electron chi connectivity index (χ4n) is 1.36. The fourth-order valence-corrected chi connectivity index (χ4v) is 1.36. The molecule has 0 radical (unpaired) electrons. The van der Waals surface area contributed by atoms with Gasteiger partial charge < -0.3 is 4.42 Å². The number of hydrogen-bond donors (Lipinski definition) is 0. The third kappa shape index (κ3) is 1.62. The van der Waals surface area contributed by atoms with E-state index >= 15 is 0 Å². The van der Waals surface area contributed by atoms with Crippen LogP contribution in [0.2, 0.25) is 0 Å². The quantitative estimate of drug-likeness (QED) is 0.667. The Balaban J connectivity index is 2.81. The summed E-state index contributed by atoms with van der Waals surface area (Å²) in [6.45, 7) is 6.35. The van der Waals surface area contributed by atoms with E-state index in [0.29, 0.717) is 5.92 Å². The number of nitrogens with zero attached hydrogens (tertiary/aromatic N) is 1. The van der Waals surface area contributed by atoms with Gasteiger partial charge in [0.15, 0.2) is 6.39 Å². The summed E-state index contributed by atoms with van der Waals surface area (Å²) in [6, 6.07) is 0. The predicted octanol–water partition coefficient (Wildman–Crippen LogP) is 2.89. The number of aromatic nitrogens is 1. The molecule has 1 aromatic heterocycles. The van der Waals surface area contributed by atoms with Gasteiger partial charge in [-0.2, -0.15) is 0 Å². The molecule has 0 saturated heterocycles. The highest BCUT2D eigenvalue weighted by Gasteiger charge is 2.13. The summed E-state index contributed by atoms with van der Waals surface area (Å²) >= 11 is 0. The summed E-state index contributed by atoms with van der Waals surface area (Å²) in [4.78, 5) is 4.07. The Hall–Kier alpha value is -0.790. The third-order valence-corrected chi connectivity index (χ3v) is 2.14. The van der Waals surface area contributed by atoms with Crippen LogP contribution in [-0.4, -0.2) is 4.98 Å². The second-order valence-corrected chi connectivity index (χ2v) is 2.82. The summed E-state index contributed by atoms with van der Waals surface area (Å²) in [5.74, 6) is 1.62. The average molecular weight is 153 g/mol. The van der Waals surface area contributed by atoms with Gasteiger partial charge in [0, 0.05) is 5.92 Å². The highest BCUT2D eigenvalue weighted by molar-refractivity contribution is 5.09. The average Bonchev–Trinajstić information content (AvgIpc) is 2.40. The first-order chi connectivity index (χ1) is 5.29. The van der Waals surface area contributed by atoms with Crippen LogP contribution in [0.4, 0.5) is 0 Å². The zero-order valence-electron chi connectivity index (χ0n) is 7.42. The van der Waals surface area contributed by atoms with Crippen LogP contribution >= 0.6 is 0 Å².